The molecule has 114 valence electrons. The first-order valence-electron chi connectivity index (χ1n) is 5.65. The van der Waals surface area contributed by atoms with Crippen molar-refractivity contribution >= 4 is 44.4 Å². The Kier molecular flexibility index (Phi) is 4.21. The van der Waals surface area contributed by atoms with Gasteiger partial charge in [-0.2, -0.15) is 0 Å². The lowest BCUT2D eigenvalue weighted by atomic mass is 10.3. The molecule has 10 heteroatoms. The van der Waals surface area contributed by atoms with Crippen molar-refractivity contribution in [3.63, 3.8) is 0 Å². The molecule has 2 aromatic heterocycles. The van der Waals surface area contributed by atoms with Crippen molar-refractivity contribution in [2.75, 3.05) is 11.8 Å². The second kappa shape index (κ2) is 5.62. The van der Waals surface area contributed by atoms with Crippen LogP contribution < -0.4 is 9.60 Å². The third kappa shape index (κ3) is 3.01. The number of hydrogen-bond acceptors (Lipinski definition) is 7. The summed E-state index contributed by atoms with van der Waals surface area (Å²) in [6.07, 6.45) is 0. The van der Waals surface area contributed by atoms with E-state index in [4.69, 9.17) is 0 Å². The van der Waals surface area contributed by atoms with Gasteiger partial charge < -0.3 is 9.72 Å². The molecule has 7 nitrogen and oxygen atoms in total. The van der Waals surface area contributed by atoms with Gasteiger partial charge in [-0.25, -0.2) is 13.2 Å². The van der Waals surface area contributed by atoms with Gasteiger partial charge in [0.2, 0.25) is 0 Å². The first-order chi connectivity index (χ1) is 9.76. The Balaban J connectivity index is 2.47. The molecule has 0 aliphatic heterocycles. The van der Waals surface area contributed by atoms with Crippen LogP contribution in [0.2, 0.25) is 0 Å². The number of thiophene rings is 1. The van der Waals surface area contributed by atoms with Gasteiger partial charge in [-0.05, 0) is 24.8 Å². The molecule has 2 aromatic rings. The zero-order valence-electron chi connectivity index (χ0n) is 11.3. The van der Waals surface area contributed by atoms with E-state index in [0.717, 1.165) is 11.3 Å². The Labute approximate surface area is 128 Å². The topological polar surface area (TPSA) is 105 Å². The number of carbonyl (C=O) groups is 1. The van der Waals surface area contributed by atoms with Crippen LogP contribution in [-0.4, -0.2) is 26.5 Å². The minimum Gasteiger partial charge on any atom is -0.465 e. The maximum Gasteiger partial charge on any atom is 0.350 e. The predicted molar refractivity (Wildman–Crippen MR) is 80.9 cm³/mol. The number of rotatable bonds is 4. The SMILES string of the molecule is COC(=O)c1scc(C)c1NS(=O)(=O)c1sc(=O)[nH]c1C. The number of ether oxygens (including phenoxy) is 1. The molecule has 0 aliphatic carbocycles. The van der Waals surface area contributed by atoms with E-state index in [0.29, 0.717) is 16.9 Å². The third-order valence-electron chi connectivity index (χ3n) is 2.61. The number of nitrogens with one attached hydrogen (secondary N) is 2. The maximum atomic E-state index is 12.3. The minimum absolute atomic E-state index is 0.103. The fraction of sp³-hybridized carbons (Fsp3) is 0.273. The largest absolute Gasteiger partial charge is 0.465 e. The molecule has 2 N–H and O–H groups in total. The number of anilines is 1. The summed E-state index contributed by atoms with van der Waals surface area (Å²) >= 11 is 1.68. The molecule has 0 atom stereocenters. The molecule has 2 rings (SSSR count). The van der Waals surface area contributed by atoms with Gasteiger partial charge in [0, 0.05) is 5.69 Å². The van der Waals surface area contributed by atoms with E-state index in [9.17, 15) is 18.0 Å². The Hall–Kier alpha value is -1.65. The van der Waals surface area contributed by atoms with E-state index >= 15 is 0 Å². The third-order valence-corrected chi connectivity index (χ3v) is 6.64. The van der Waals surface area contributed by atoms with Gasteiger partial charge in [0.1, 0.15) is 4.88 Å². The second-order valence-corrected chi connectivity index (χ2v) is 7.89. The molecular weight excluding hydrogens is 336 g/mol. The Morgan fingerprint density at radius 2 is 2.05 bits per heavy atom. The van der Waals surface area contributed by atoms with Crippen molar-refractivity contribution < 1.29 is 17.9 Å². The highest BCUT2D eigenvalue weighted by atomic mass is 32.2. The van der Waals surface area contributed by atoms with Crippen LogP contribution in [0.1, 0.15) is 20.9 Å². The zero-order chi connectivity index (χ0) is 15.8. The number of carbonyl (C=O) groups excluding carboxylic acids is 1. The number of methoxy groups -OCH3 is 1. The molecule has 0 bridgehead atoms. The monoisotopic (exact) mass is 348 g/mol. The normalized spacial score (nSPS) is 11.4. The average Bonchev–Trinajstić information content (AvgIpc) is 2.92. The fourth-order valence-corrected chi connectivity index (χ4v) is 5.07. The van der Waals surface area contributed by atoms with E-state index < -0.39 is 20.9 Å². The standard InChI is InChI=1S/C11H12N2O5S3/c1-5-4-19-8(9(14)18-3)7(5)13-21(16,17)10-6(2)12-11(15)20-10/h4,13H,1-3H3,(H,12,15). The van der Waals surface area contributed by atoms with Crippen molar-refractivity contribution in [1.82, 2.24) is 4.98 Å². The fourth-order valence-electron chi connectivity index (χ4n) is 1.64. The summed E-state index contributed by atoms with van der Waals surface area (Å²) in [5, 5.41) is 1.65. The van der Waals surface area contributed by atoms with Crippen LogP contribution in [0.4, 0.5) is 5.69 Å². The zero-order valence-corrected chi connectivity index (χ0v) is 13.8. The summed E-state index contributed by atoms with van der Waals surface area (Å²) in [4.78, 5) is 25.0. The van der Waals surface area contributed by atoms with Crippen LogP contribution in [0.3, 0.4) is 0 Å². The highest BCUT2D eigenvalue weighted by molar-refractivity contribution is 7.94. The summed E-state index contributed by atoms with van der Waals surface area (Å²) < 4.78 is 31.6. The van der Waals surface area contributed by atoms with Gasteiger partial charge >= 0.3 is 10.8 Å². The van der Waals surface area contributed by atoms with Gasteiger partial charge in [0.15, 0.2) is 4.21 Å². The summed E-state index contributed by atoms with van der Waals surface area (Å²) in [5.41, 5.74) is 1.03. The molecule has 0 saturated carbocycles. The van der Waals surface area contributed by atoms with E-state index in [1.54, 1.807) is 12.3 Å². The van der Waals surface area contributed by atoms with Crippen molar-refractivity contribution in [2.24, 2.45) is 0 Å². The van der Waals surface area contributed by atoms with Crippen LogP contribution in [-0.2, 0) is 14.8 Å². The molecule has 0 amide bonds. The highest BCUT2D eigenvalue weighted by Crippen LogP contribution is 2.31. The molecule has 0 unspecified atom stereocenters. The summed E-state index contributed by atoms with van der Waals surface area (Å²) in [6, 6.07) is 0. The Morgan fingerprint density at radius 1 is 1.38 bits per heavy atom. The van der Waals surface area contributed by atoms with Gasteiger partial charge in [-0.3, -0.25) is 9.52 Å². The number of hydrogen-bond donors (Lipinski definition) is 2. The van der Waals surface area contributed by atoms with E-state index in [1.165, 1.54) is 14.0 Å². The van der Waals surface area contributed by atoms with Crippen LogP contribution in [0.5, 0.6) is 0 Å². The minimum atomic E-state index is -3.94. The van der Waals surface area contributed by atoms with Crippen LogP contribution in [0.25, 0.3) is 0 Å². The average molecular weight is 348 g/mol. The van der Waals surface area contributed by atoms with Gasteiger partial charge in [0.05, 0.1) is 12.8 Å². The predicted octanol–water partition coefficient (Wildman–Crippen LogP) is 1.70. The number of sulfonamides is 1. The lowest BCUT2D eigenvalue weighted by Crippen LogP contribution is -2.15. The highest BCUT2D eigenvalue weighted by Gasteiger charge is 2.25. The van der Waals surface area contributed by atoms with Crippen LogP contribution in [0, 0.1) is 13.8 Å². The van der Waals surface area contributed by atoms with Crippen molar-refractivity contribution in [1.29, 1.82) is 0 Å². The number of aryl methyl sites for hydroxylation is 2. The maximum absolute atomic E-state index is 12.3. The summed E-state index contributed by atoms with van der Waals surface area (Å²) in [6.45, 7) is 3.17. The number of aromatic amines is 1. The van der Waals surface area contributed by atoms with Crippen LogP contribution in [0.15, 0.2) is 14.4 Å². The molecule has 2 heterocycles. The summed E-state index contributed by atoms with van der Waals surface area (Å²) in [7, 11) is -2.72. The van der Waals surface area contributed by atoms with Gasteiger partial charge in [-0.1, -0.05) is 11.3 Å². The van der Waals surface area contributed by atoms with E-state index in [2.05, 4.69) is 14.4 Å². The number of thiazole rings is 1. The van der Waals surface area contributed by atoms with Crippen molar-refractivity contribution in [2.45, 2.75) is 18.1 Å². The first-order valence-corrected chi connectivity index (χ1v) is 8.83. The molecule has 0 saturated heterocycles. The van der Waals surface area contributed by atoms with Crippen LogP contribution >= 0.6 is 22.7 Å². The molecule has 0 radical (unpaired) electrons. The van der Waals surface area contributed by atoms with E-state index in [1.807, 2.05) is 0 Å². The lowest BCUT2D eigenvalue weighted by Gasteiger charge is -2.08. The smallest absolute Gasteiger partial charge is 0.350 e. The summed E-state index contributed by atoms with van der Waals surface area (Å²) in [5.74, 6) is -0.621. The molecule has 0 fully saturated rings. The second-order valence-electron chi connectivity index (χ2n) is 4.15. The first kappa shape index (κ1) is 15.7. The van der Waals surface area contributed by atoms with Gasteiger partial charge in [-0.15, -0.1) is 11.3 Å². The number of esters is 1. The molecule has 0 spiro atoms. The molecule has 0 aromatic carbocycles. The molecule has 0 aliphatic rings. The van der Waals surface area contributed by atoms with Crippen molar-refractivity contribution in [3.8, 4) is 0 Å². The quantitative estimate of drug-likeness (QED) is 0.818. The Morgan fingerprint density at radius 3 is 2.57 bits per heavy atom. The Bertz CT molecular complexity index is 844. The van der Waals surface area contributed by atoms with E-state index in [-0.39, 0.29) is 20.5 Å². The van der Waals surface area contributed by atoms with Gasteiger partial charge in [0.25, 0.3) is 10.0 Å². The molecular formula is C11H12N2O5S3. The number of aromatic nitrogens is 1. The lowest BCUT2D eigenvalue weighted by molar-refractivity contribution is 0.0607. The number of H-pyrrole nitrogens is 1. The molecule has 21 heavy (non-hydrogen) atoms. The van der Waals surface area contributed by atoms with Crippen molar-refractivity contribution in [3.05, 3.63) is 31.2 Å².